The lowest BCUT2D eigenvalue weighted by molar-refractivity contribution is 0.364. The minimum atomic E-state index is -0.123. The van der Waals surface area contributed by atoms with Crippen LogP contribution >= 0.6 is 0 Å². The summed E-state index contributed by atoms with van der Waals surface area (Å²) in [4.78, 5) is 15.1. The summed E-state index contributed by atoms with van der Waals surface area (Å²) in [5.41, 5.74) is 4.05. The van der Waals surface area contributed by atoms with Crippen molar-refractivity contribution in [2.45, 2.75) is 52.5 Å². The summed E-state index contributed by atoms with van der Waals surface area (Å²) in [6.45, 7) is 8.33. The summed E-state index contributed by atoms with van der Waals surface area (Å²) in [5, 5.41) is 5.79. The maximum absolute atomic E-state index is 12.1. The average Bonchev–Trinajstić information content (AvgIpc) is 2.82. The van der Waals surface area contributed by atoms with Crippen molar-refractivity contribution in [3.05, 3.63) is 27.2 Å². The van der Waals surface area contributed by atoms with E-state index in [0.29, 0.717) is 0 Å². The molecule has 4 nitrogen and oxygen atoms in total. The van der Waals surface area contributed by atoms with Gasteiger partial charge in [-0.05, 0) is 52.5 Å². The Morgan fingerprint density at radius 1 is 1.22 bits per heavy atom. The van der Waals surface area contributed by atoms with Crippen LogP contribution in [0.15, 0.2) is 4.79 Å². The molecule has 0 fully saturated rings. The van der Waals surface area contributed by atoms with Crippen molar-refractivity contribution in [1.82, 2.24) is 14.8 Å². The van der Waals surface area contributed by atoms with Crippen LogP contribution in [0.5, 0.6) is 0 Å². The van der Waals surface area contributed by atoms with Gasteiger partial charge in [-0.25, -0.2) is 4.68 Å². The number of aromatic amines is 1. The van der Waals surface area contributed by atoms with Crippen LogP contribution in [0.4, 0.5) is 0 Å². The molecule has 0 bridgehead atoms. The van der Waals surface area contributed by atoms with Crippen LogP contribution in [0.25, 0.3) is 11.0 Å². The minimum Gasteiger partial charge on any atom is -0.307 e. The molecular weight excluding hydrogens is 226 g/mol. The molecule has 0 unspecified atom stereocenters. The van der Waals surface area contributed by atoms with Gasteiger partial charge in [0.2, 0.25) is 0 Å². The quantitative estimate of drug-likeness (QED) is 0.774. The number of hydrogen-bond donors (Lipinski definition) is 1. The second-order valence-electron chi connectivity index (χ2n) is 6.16. The first-order chi connectivity index (χ1) is 8.39. The van der Waals surface area contributed by atoms with E-state index in [0.717, 1.165) is 41.6 Å². The van der Waals surface area contributed by atoms with E-state index >= 15 is 0 Å². The summed E-state index contributed by atoms with van der Waals surface area (Å²) < 4.78 is 1.94. The largest absolute Gasteiger partial charge is 0.307 e. The average molecular weight is 245 g/mol. The molecule has 0 amide bonds. The fourth-order valence-corrected chi connectivity index (χ4v) is 2.94. The zero-order valence-corrected chi connectivity index (χ0v) is 11.4. The van der Waals surface area contributed by atoms with Crippen molar-refractivity contribution < 1.29 is 0 Å². The van der Waals surface area contributed by atoms with Crippen LogP contribution in [0, 0.1) is 6.92 Å². The van der Waals surface area contributed by atoms with Gasteiger partial charge in [-0.2, -0.15) is 5.10 Å². The van der Waals surface area contributed by atoms with Crippen LogP contribution in [0.3, 0.4) is 0 Å². The number of rotatable bonds is 0. The van der Waals surface area contributed by atoms with Crippen molar-refractivity contribution in [2.24, 2.45) is 0 Å². The second-order valence-corrected chi connectivity index (χ2v) is 6.16. The molecule has 0 saturated heterocycles. The highest BCUT2D eigenvalue weighted by atomic mass is 16.1. The summed E-state index contributed by atoms with van der Waals surface area (Å²) in [6.07, 6.45) is 2.99. The van der Waals surface area contributed by atoms with Crippen molar-refractivity contribution in [3.63, 3.8) is 0 Å². The molecule has 2 aromatic rings. The first-order valence-electron chi connectivity index (χ1n) is 6.53. The van der Waals surface area contributed by atoms with Crippen molar-refractivity contribution in [2.75, 3.05) is 0 Å². The molecule has 96 valence electrons. The molecular formula is C14H19N3O. The van der Waals surface area contributed by atoms with Crippen LogP contribution in [-0.2, 0) is 18.4 Å². The maximum Gasteiger partial charge on any atom is 0.253 e. The van der Waals surface area contributed by atoms with Crippen LogP contribution < -0.4 is 5.56 Å². The molecule has 0 atom stereocenters. The van der Waals surface area contributed by atoms with Crippen LogP contribution in [0.1, 0.15) is 44.0 Å². The maximum atomic E-state index is 12.1. The van der Waals surface area contributed by atoms with Gasteiger partial charge in [0.15, 0.2) is 0 Å². The number of nitrogens with zero attached hydrogens (tertiary/aromatic N) is 2. The van der Waals surface area contributed by atoms with Gasteiger partial charge in [0.05, 0.1) is 11.2 Å². The summed E-state index contributed by atoms with van der Waals surface area (Å²) >= 11 is 0. The van der Waals surface area contributed by atoms with E-state index in [1.807, 2.05) is 11.6 Å². The molecule has 4 heteroatoms. The highest BCUT2D eigenvalue weighted by molar-refractivity contribution is 5.83. The molecule has 0 spiro atoms. The van der Waals surface area contributed by atoms with Gasteiger partial charge in [-0.15, -0.1) is 0 Å². The van der Waals surface area contributed by atoms with Gasteiger partial charge >= 0.3 is 0 Å². The Morgan fingerprint density at radius 3 is 2.56 bits per heavy atom. The van der Waals surface area contributed by atoms with Gasteiger partial charge in [-0.1, -0.05) is 0 Å². The third-order valence-electron chi connectivity index (χ3n) is 3.72. The lowest BCUT2D eigenvalue weighted by atomic mass is 10.1. The van der Waals surface area contributed by atoms with Crippen molar-refractivity contribution in [3.8, 4) is 0 Å². The molecule has 1 N–H and O–H groups in total. The Morgan fingerprint density at radius 2 is 1.89 bits per heavy atom. The van der Waals surface area contributed by atoms with Gasteiger partial charge in [-0.3, -0.25) is 4.79 Å². The molecule has 0 radical (unpaired) electrons. The van der Waals surface area contributed by atoms with E-state index in [1.165, 1.54) is 5.56 Å². The molecule has 0 aliphatic heterocycles. The number of aromatic nitrogens is 3. The van der Waals surface area contributed by atoms with Crippen molar-refractivity contribution in [1.29, 1.82) is 0 Å². The van der Waals surface area contributed by atoms with E-state index in [9.17, 15) is 4.79 Å². The van der Waals surface area contributed by atoms with E-state index in [-0.39, 0.29) is 11.1 Å². The first-order valence-corrected chi connectivity index (χ1v) is 6.53. The zero-order chi connectivity index (χ0) is 13.1. The van der Waals surface area contributed by atoms with Gasteiger partial charge in [0.25, 0.3) is 5.56 Å². The predicted octanol–water partition coefficient (Wildman–Crippen LogP) is 2.28. The van der Waals surface area contributed by atoms with Crippen molar-refractivity contribution >= 4 is 11.0 Å². The zero-order valence-electron chi connectivity index (χ0n) is 11.4. The molecule has 0 saturated carbocycles. The van der Waals surface area contributed by atoms with Gasteiger partial charge in [0, 0.05) is 10.9 Å². The number of aryl methyl sites for hydroxylation is 2. The number of nitrogens with one attached hydrogen (secondary N) is 1. The van der Waals surface area contributed by atoms with Crippen LogP contribution in [0.2, 0.25) is 0 Å². The third kappa shape index (κ3) is 1.44. The fourth-order valence-electron chi connectivity index (χ4n) is 2.94. The number of H-pyrrole nitrogens is 1. The highest BCUT2D eigenvalue weighted by Gasteiger charge is 2.25. The lowest BCUT2D eigenvalue weighted by Crippen LogP contribution is -2.25. The first kappa shape index (κ1) is 11.5. The molecule has 2 aromatic heterocycles. The molecule has 1 aliphatic carbocycles. The summed E-state index contributed by atoms with van der Waals surface area (Å²) in [6, 6.07) is 0. The van der Waals surface area contributed by atoms with Gasteiger partial charge in [0.1, 0.15) is 5.65 Å². The fraction of sp³-hybridized carbons (Fsp3) is 0.571. The van der Waals surface area contributed by atoms with E-state index < -0.39 is 0 Å². The number of fused-ring (bicyclic) bond motifs is 3. The Balaban J connectivity index is 2.46. The Labute approximate surface area is 106 Å². The lowest BCUT2D eigenvalue weighted by Gasteiger charge is -2.20. The molecule has 0 aromatic carbocycles. The summed E-state index contributed by atoms with van der Waals surface area (Å²) in [5.74, 6) is 0. The Hall–Kier alpha value is -1.58. The smallest absolute Gasteiger partial charge is 0.253 e. The highest BCUT2D eigenvalue weighted by Crippen LogP contribution is 2.30. The monoisotopic (exact) mass is 245 g/mol. The standard InChI is InChI=1S/C14H19N3O/c1-8-11-9-6-5-7-10(9)13(18)15-12(11)17(16-8)14(2,3)4/h5-7H2,1-4H3,(H,15,18). The predicted molar refractivity (Wildman–Crippen MR) is 72.1 cm³/mol. The molecule has 1 aliphatic rings. The van der Waals surface area contributed by atoms with E-state index in [1.54, 1.807) is 0 Å². The normalized spacial score (nSPS) is 15.3. The SMILES string of the molecule is Cc1nn(C(C)(C)C)c2[nH]c(=O)c3c(c12)CCC3. The molecule has 18 heavy (non-hydrogen) atoms. The van der Waals surface area contributed by atoms with Crippen LogP contribution in [-0.4, -0.2) is 14.8 Å². The minimum absolute atomic E-state index is 0.0698. The second kappa shape index (κ2) is 3.46. The molecule has 2 heterocycles. The van der Waals surface area contributed by atoms with E-state index in [2.05, 4.69) is 30.9 Å². The Kier molecular flexibility index (Phi) is 2.22. The topological polar surface area (TPSA) is 50.7 Å². The Bertz CT molecular complexity index is 686. The third-order valence-corrected chi connectivity index (χ3v) is 3.72. The summed E-state index contributed by atoms with van der Waals surface area (Å²) in [7, 11) is 0. The number of hydrogen-bond acceptors (Lipinski definition) is 2. The van der Waals surface area contributed by atoms with E-state index in [4.69, 9.17) is 0 Å². The number of pyridine rings is 1. The van der Waals surface area contributed by atoms with Gasteiger partial charge < -0.3 is 4.98 Å². The molecule has 3 rings (SSSR count).